The fourth-order valence-corrected chi connectivity index (χ4v) is 2.57. The highest BCUT2D eigenvalue weighted by Gasteiger charge is 2.11. The molecule has 3 aromatic rings. The van der Waals surface area contributed by atoms with Crippen molar-refractivity contribution < 1.29 is 0 Å². The summed E-state index contributed by atoms with van der Waals surface area (Å²) in [6.45, 7) is 0. The van der Waals surface area contributed by atoms with E-state index in [1.165, 1.54) is 0 Å². The lowest BCUT2D eigenvalue weighted by Gasteiger charge is -2.12. The quantitative estimate of drug-likeness (QED) is 0.747. The summed E-state index contributed by atoms with van der Waals surface area (Å²) in [5, 5.41) is 18.4. The van der Waals surface area contributed by atoms with Crippen LogP contribution in [0.4, 0.5) is 0 Å². The third-order valence-corrected chi connectivity index (χ3v) is 3.68. The van der Waals surface area contributed by atoms with Gasteiger partial charge in [-0.3, -0.25) is 9.98 Å². The average molecular weight is 325 g/mol. The van der Waals surface area contributed by atoms with Crippen LogP contribution in [-0.4, -0.2) is 9.55 Å². The van der Waals surface area contributed by atoms with Gasteiger partial charge in [-0.1, -0.05) is 24.3 Å². The van der Waals surface area contributed by atoms with Crippen LogP contribution in [0.15, 0.2) is 53.0 Å². The van der Waals surface area contributed by atoms with Crippen LogP contribution in [0.1, 0.15) is 5.82 Å². The molecule has 0 aliphatic heterocycles. The maximum absolute atomic E-state index is 9.32. The number of hydrogen-bond donors (Lipinski definition) is 1. The standard InChI is InChI=1S/C15H9BrN4/c16-11-6-2-4-8-13(11)20-14(9-17)19-12-7-3-1-5-10(12)15(20)18/h1-8,18H. The Balaban J connectivity index is 2.48. The summed E-state index contributed by atoms with van der Waals surface area (Å²) in [5.41, 5.74) is 1.63. The predicted molar refractivity (Wildman–Crippen MR) is 79.3 cm³/mol. The van der Waals surface area contributed by atoms with Gasteiger partial charge in [0.15, 0.2) is 0 Å². The molecule has 0 fully saturated rings. The minimum absolute atomic E-state index is 0.195. The second-order valence-electron chi connectivity index (χ2n) is 4.20. The number of fused-ring (bicyclic) bond motifs is 1. The van der Waals surface area contributed by atoms with E-state index in [9.17, 15) is 5.26 Å². The first kappa shape index (κ1) is 12.6. The van der Waals surface area contributed by atoms with E-state index in [0.29, 0.717) is 10.9 Å². The molecule has 1 aromatic heterocycles. The second-order valence-corrected chi connectivity index (χ2v) is 5.05. The Labute approximate surface area is 123 Å². The van der Waals surface area contributed by atoms with Crippen molar-refractivity contribution in [3.05, 3.63) is 64.3 Å². The number of halogens is 1. The molecule has 0 saturated carbocycles. The zero-order valence-electron chi connectivity index (χ0n) is 10.3. The van der Waals surface area contributed by atoms with Crippen molar-refractivity contribution in [2.24, 2.45) is 0 Å². The maximum Gasteiger partial charge on any atom is 0.219 e. The van der Waals surface area contributed by atoms with Gasteiger partial charge >= 0.3 is 0 Å². The average Bonchev–Trinajstić information content (AvgIpc) is 2.48. The lowest BCUT2D eigenvalue weighted by atomic mass is 10.2. The summed E-state index contributed by atoms with van der Waals surface area (Å²) >= 11 is 3.45. The number of rotatable bonds is 1. The van der Waals surface area contributed by atoms with E-state index >= 15 is 0 Å². The van der Waals surface area contributed by atoms with Crippen molar-refractivity contribution in [1.29, 1.82) is 10.7 Å². The second kappa shape index (κ2) is 4.91. The lowest BCUT2D eigenvalue weighted by molar-refractivity contribution is 0.883. The van der Waals surface area contributed by atoms with Crippen LogP contribution in [0.25, 0.3) is 16.6 Å². The van der Waals surface area contributed by atoms with Crippen LogP contribution in [-0.2, 0) is 0 Å². The summed E-state index contributed by atoms with van der Waals surface area (Å²) < 4.78 is 2.36. The number of benzene rings is 2. The topological polar surface area (TPSA) is 65.5 Å². The van der Waals surface area contributed by atoms with Gasteiger partial charge in [-0.05, 0) is 40.2 Å². The number of nitrogens with zero attached hydrogens (tertiary/aromatic N) is 3. The largest absolute Gasteiger partial charge is 0.283 e. The number of nitriles is 1. The van der Waals surface area contributed by atoms with Crippen LogP contribution in [0.5, 0.6) is 0 Å². The molecule has 1 N–H and O–H groups in total. The van der Waals surface area contributed by atoms with Gasteiger partial charge in [-0.15, -0.1) is 0 Å². The molecule has 0 unspecified atom stereocenters. The van der Waals surface area contributed by atoms with Gasteiger partial charge in [0.05, 0.1) is 11.2 Å². The highest BCUT2D eigenvalue weighted by Crippen LogP contribution is 2.21. The van der Waals surface area contributed by atoms with Crippen molar-refractivity contribution in [3.8, 4) is 11.8 Å². The normalized spacial score (nSPS) is 10.4. The third kappa shape index (κ3) is 1.91. The van der Waals surface area contributed by atoms with Gasteiger partial charge in [0.2, 0.25) is 5.82 Å². The Morgan fingerprint density at radius 2 is 1.80 bits per heavy atom. The highest BCUT2D eigenvalue weighted by atomic mass is 79.9. The Kier molecular flexibility index (Phi) is 3.09. The third-order valence-electron chi connectivity index (χ3n) is 3.01. The zero-order valence-corrected chi connectivity index (χ0v) is 11.9. The smallest absolute Gasteiger partial charge is 0.219 e. The number of aromatic nitrogens is 2. The molecular formula is C15H9BrN4. The van der Waals surface area contributed by atoms with E-state index in [1.807, 2.05) is 42.5 Å². The van der Waals surface area contributed by atoms with Crippen molar-refractivity contribution in [2.75, 3.05) is 0 Å². The van der Waals surface area contributed by atoms with Crippen LogP contribution in [0, 0.1) is 16.7 Å². The van der Waals surface area contributed by atoms with E-state index in [2.05, 4.69) is 27.0 Å². The van der Waals surface area contributed by atoms with Crippen LogP contribution < -0.4 is 5.49 Å². The molecule has 5 heteroatoms. The van der Waals surface area contributed by atoms with Gasteiger partial charge in [-0.25, -0.2) is 4.98 Å². The Hall–Kier alpha value is -2.45. The summed E-state index contributed by atoms with van der Waals surface area (Å²) in [6, 6.07) is 16.9. The Morgan fingerprint density at radius 1 is 1.10 bits per heavy atom. The van der Waals surface area contributed by atoms with Crippen LogP contribution in [0.3, 0.4) is 0 Å². The molecule has 0 radical (unpaired) electrons. The first-order valence-corrected chi connectivity index (χ1v) is 6.73. The molecular weight excluding hydrogens is 316 g/mol. The molecule has 0 saturated heterocycles. The summed E-state index contributed by atoms with van der Waals surface area (Å²) in [4.78, 5) is 4.33. The minimum atomic E-state index is 0.195. The molecule has 0 spiro atoms. The van der Waals surface area contributed by atoms with E-state index in [1.54, 1.807) is 10.6 Å². The molecule has 4 nitrogen and oxygen atoms in total. The fraction of sp³-hybridized carbons (Fsp3) is 0. The first-order valence-electron chi connectivity index (χ1n) is 5.94. The number of hydrogen-bond acceptors (Lipinski definition) is 3. The van der Waals surface area contributed by atoms with E-state index in [0.717, 1.165) is 10.2 Å². The molecule has 1 heterocycles. The lowest BCUT2D eigenvalue weighted by Crippen LogP contribution is -2.23. The fourth-order valence-electron chi connectivity index (χ4n) is 2.10. The van der Waals surface area contributed by atoms with Crippen molar-refractivity contribution in [1.82, 2.24) is 9.55 Å². The van der Waals surface area contributed by atoms with E-state index < -0.39 is 0 Å². The summed E-state index contributed by atoms with van der Waals surface area (Å²) in [7, 11) is 0. The summed E-state index contributed by atoms with van der Waals surface area (Å²) in [5.74, 6) is 0.195. The SMILES string of the molecule is N#Cc1nc2ccccc2c(=N)n1-c1ccccc1Br. The van der Waals surface area contributed by atoms with Gasteiger partial charge in [-0.2, -0.15) is 5.26 Å². The van der Waals surface area contributed by atoms with Gasteiger partial charge in [0.1, 0.15) is 11.6 Å². The zero-order chi connectivity index (χ0) is 14.1. The molecule has 96 valence electrons. The molecule has 0 amide bonds. The molecule has 20 heavy (non-hydrogen) atoms. The van der Waals surface area contributed by atoms with E-state index in [-0.39, 0.29) is 11.3 Å². The van der Waals surface area contributed by atoms with Crippen molar-refractivity contribution in [3.63, 3.8) is 0 Å². The Bertz CT molecular complexity index is 906. The van der Waals surface area contributed by atoms with Crippen molar-refractivity contribution >= 4 is 26.8 Å². The molecule has 0 bridgehead atoms. The first-order chi connectivity index (χ1) is 9.72. The van der Waals surface area contributed by atoms with E-state index in [4.69, 9.17) is 5.41 Å². The number of para-hydroxylation sites is 2. The maximum atomic E-state index is 9.32. The molecule has 2 aromatic carbocycles. The minimum Gasteiger partial charge on any atom is -0.283 e. The molecule has 0 aliphatic carbocycles. The molecule has 0 aliphatic rings. The summed E-state index contributed by atoms with van der Waals surface area (Å²) in [6.07, 6.45) is 0. The van der Waals surface area contributed by atoms with Crippen molar-refractivity contribution in [2.45, 2.75) is 0 Å². The van der Waals surface area contributed by atoms with Gasteiger partial charge < -0.3 is 0 Å². The highest BCUT2D eigenvalue weighted by molar-refractivity contribution is 9.10. The monoisotopic (exact) mass is 324 g/mol. The van der Waals surface area contributed by atoms with Gasteiger partial charge in [0, 0.05) is 9.86 Å². The van der Waals surface area contributed by atoms with Crippen LogP contribution in [0.2, 0.25) is 0 Å². The predicted octanol–water partition coefficient (Wildman–Crippen LogP) is 3.14. The van der Waals surface area contributed by atoms with Gasteiger partial charge in [0.25, 0.3) is 0 Å². The molecule has 0 atom stereocenters. The number of nitrogens with one attached hydrogen (secondary N) is 1. The molecule has 3 rings (SSSR count). The van der Waals surface area contributed by atoms with Crippen LogP contribution >= 0.6 is 15.9 Å². The Morgan fingerprint density at radius 3 is 2.55 bits per heavy atom.